The van der Waals surface area contributed by atoms with Crippen molar-refractivity contribution in [2.24, 2.45) is 5.92 Å². The first-order valence-corrected chi connectivity index (χ1v) is 26.1. The summed E-state index contributed by atoms with van der Waals surface area (Å²) in [4.78, 5) is 9.36. The van der Waals surface area contributed by atoms with E-state index in [4.69, 9.17) is 17.9 Å². The van der Waals surface area contributed by atoms with Crippen LogP contribution < -0.4 is 64.0 Å². The topological polar surface area (TPSA) is 183 Å². The second-order valence-electron chi connectivity index (χ2n) is 17.4. The summed E-state index contributed by atoms with van der Waals surface area (Å²) >= 11 is 0. The molecule has 0 spiro atoms. The maximum atomic E-state index is 11.3. The molecule has 0 radical (unpaired) electrons. The van der Waals surface area contributed by atoms with Crippen LogP contribution in [0.25, 0.3) is 32.0 Å². The van der Waals surface area contributed by atoms with Crippen molar-refractivity contribution in [3.63, 3.8) is 0 Å². The van der Waals surface area contributed by atoms with E-state index in [9.17, 15) is 36.5 Å². The first kappa shape index (κ1) is 58.7. The van der Waals surface area contributed by atoms with Gasteiger partial charge in [-0.3, -0.25) is 0 Å². The Bertz CT molecular complexity index is 2980. The second-order valence-corrected chi connectivity index (χ2v) is 20.4. The first-order chi connectivity index (χ1) is 33.1. The molecule has 1 unspecified atom stereocenters. The van der Waals surface area contributed by atoms with Crippen molar-refractivity contribution >= 4 is 48.4 Å². The van der Waals surface area contributed by atoms with Crippen molar-refractivity contribution in [3.8, 4) is 23.3 Å². The summed E-state index contributed by atoms with van der Waals surface area (Å²) in [7, 11) is -8.68. The molecule has 5 aromatic rings. The van der Waals surface area contributed by atoms with Crippen molar-refractivity contribution < 1.29 is 89.8 Å². The molecule has 12 nitrogen and oxygen atoms in total. The van der Waals surface area contributed by atoms with Crippen LogP contribution in [0.5, 0.6) is 0 Å². The number of fused-ring (bicyclic) bond motifs is 3. The third-order valence-electron chi connectivity index (χ3n) is 12.5. The molecule has 1 aliphatic rings. The largest absolute Gasteiger partial charge is 1.00 e. The van der Waals surface area contributed by atoms with Crippen molar-refractivity contribution in [3.05, 3.63) is 183 Å². The molecule has 0 N–H and O–H groups in total. The minimum atomic E-state index is -4.36. The molecule has 354 valence electrons. The van der Waals surface area contributed by atoms with Crippen molar-refractivity contribution in [2.75, 3.05) is 29.6 Å². The molecule has 71 heavy (non-hydrogen) atoms. The van der Waals surface area contributed by atoms with Crippen LogP contribution in [-0.4, -0.2) is 50.7 Å². The van der Waals surface area contributed by atoms with Crippen molar-refractivity contribution in [1.29, 1.82) is 10.5 Å². The molecule has 0 aliphatic heterocycles. The maximum absolute atomic E-state index is 11.3. The van der Waals surface area contributed by atoms with Crippen LogP contribution in [0.2, 0.25) is 0 Å². The van der Waals surface area contributed by atoms with Crippen LogP contribution in [-0.2, 0) is 30.4 Å². The molecular formula is C55H53N5Na2O7S2. The van der Waals surface area contributed by atoms with E-state index in [0.29, 0.717) is 59.9 Å². The van der Waals surface area contributed by atoms with Crippen LogP contribution in [0.1, 0.15) is 99.5 Å². The first-order valence-electron chi connectivity index (χ1n) is 22.9. The van der Waals surface area contributed by atoms with Gasteiger partial charge in [-0.1, -0.05) is 124 Å². The number of benzene rings is 5. The van der Waals surface area contributed by atoms with E-state index in [1.54, 1.807) is 0 Å². The quantitative estimate of drug-likeness (QED) is 0.0245. The number of hydrogen-bond acceptors (Lipinski definition) is 10. The molecule has 5 aromatic carbocycles. The van der Waals surface area contributed by atoms with Gasteiger partial charge in [0, 0.05) is 52.8 Å². The summed E-state index contributed by atoms with van der Waals surface area (Å²) in [6.07, 6.45) is 4.69. The van der Waals surface area contributed by atoms with E-state index < -0.39 is 37.2 Å². The van der Waals surface area contributed by atoms with E-state index in [0.717, 1.165) is 52.2 Å². The van der Waals surface area contributed by atoms with Gasteiger partial charge in [0.05, 0.1) is 45.5 Å². The number of unbranched alkanes of at least 4 members (excludes halogenated alkanes) is 5. The summed E-state index contributed by atoms with van der Waals surface area (Å²) in [6, 6.07) is 44.0. The van der Waals surface area contributed by atoms with Gasteiger partial charge in [0.15, 0.2) is 0 Å². The number of rotatable bonds is 23. The van der Waals surface area contributed by atoms with Gasteiger partial charge < -0.3 is 18.7 Å². The zero-order valence-corrected chi connectivity index (χ0v) is 46.4. The number of hydrogen-bond donors (Lipinski definition) is 0. The van der Waals surface area contributed by atoms with Gasteiger partial charge in [0.1, 0.15) is 0 Å². The normalized spacial score (nSPS) is 14.4. The molecule has 0 amide bonds. The van der Waals surface area contributed by atoms with E-state index in [1.807, 2.05) is 92.7 Å². The van der Waals surface area contributed by atoms with Gasteiger partial charge in [0.25, 0.3) is 11.4 Å². The standard InChI is InChI=1S/C55H55N5O7S2.2Na/c1-40(2)53(51(38-56)58-3)41-22-24-42(25-23-41)54(52(39-57)59-4)43-26-28-47-48-29-27-46(60(44-18-10-8-11-19-44)45-20-12-9-13-21-45)37-50(48)55(49(47)36-43,30-14-6-5-7-16-34-68(61,62)63)31-33-67-32-15-17-35-69(64,65)66;;/h8-13,18-29,36-37,40H,5-7,14-17,30-35H2,1-2H3,(H,61,62,63)(H,64,65,66);;/q;2*+1/p-2/b53-51+,54-52+;;. The second kappa shape index (κ2) is 27.3. The zero-order valence-electron chi connectivity index (χ0n) is 40.7. The van der Waals surface area contributed by atoms with Gasteiger partial charge in [0.2, 0.25) is 0 Å². The van der Waals surface area contributed by atoms with Gasteiger partial charge >= 0.3 is 59.1 Å². The Morgan fingerprint density at radius 2 is 1.10 bits per heavy atom. The van der Waals surface area contributed by atoms with Gasteiger partial charge in [-0.2, -0.15) is 0 Å². The fourth-order valence-corrected chi connectivity index (χ4v) is 10.5. The van der Waals surface area contributed by atoms with E-state index in [1.165, 1.54) is 0 Å². The Hall–Kier alpha value is -4.88. The van der Waals surface area contributed by atoms with Gasteiger partial charge in [-0.05, 0) is 119 Å². The Kier molecular flexibility index (Phi) is 22.5. The average Bonchev–Trinajstić information content (AvgIpc) is 3.59. The fraction of sp³-hybridized carbons (Fsp3) is 0.309. The summed E-state index contributed by atoms with van der Waals surface area (Å²) in [5.74, 6) is -1.01. The molecule has 0 fully saturated rings. The van der Waals surface area contributed by atoms with Crippen molar-refractivity contribution in [1.82, 2.24) is 0 Å². The smallest absolute Gasteiger partial charge is 0.748 e. The molecule has 6 rings (SSSR count). The van der Waals surface area contributed by atoms with Gasteiger partial charge in [-0.25, -0.2) is 37.0 Å². The summed E-state index contributed by atoms with van der Waals surface area (Å²) in [5.41, 5.74) is 8.92. The predicted octanol–water partition coefficient (Wildman–Crippen LogP) is 6.06. The molecule has 1 aliphatic carbocycles. The third kappa shape index (κ3) is 15.1. The molecule has 0 heterocycles. The average molecular weight is 1010 g/mol. The summed E-state index contributed by atoms with van der Waals surface area (Å²) in [5, 5.41) is 20.2. The molecule has 1 atom stereocenters. The number of allylic oxidation sites excluding steroid dienone is 3. The summed E-state index contributed by atoms with van der Waals surface area (Å²) in [6.45, 7) is 20.1. The summed E-state index contributed by atoms with van der Waals surface area (Å²) < 4.78 is 74.2. The van der Waals surface area contributed by atoms with Gasteiger partial charge in [-0.15, -0.1) is 0 Å². The maximum Gasteiger partial charge on any atom is 1.00 e. The van der Waals surface area contributed by atoms with E-state index in [2.05, 4.69) is 69.2 Å². The van der Waals surface area contributed by atoms with E-state index >= 15 is 0 Å². The Labute approximate surface area is 463 Å². The Balaban J connectivity index is 0.00000548. The molecule has 0 aromatic heterocycles. The molecule has 0 bridgehead atoms. The molecule has 16 heteroatoms. The minimum Gasteiger partial charge on any atom is -0.748 e. The van der Waals surface area contributed by atoms with Crippen molar-refractivity contribution in [2.45, 2.75) is 77.0 Å². The minimum absolute atomic E-state index is 0. The predicted molar refractivity (Wildman–Crippen MR) is 267 cm³/mol. The number of nitrogens with zero attached hydrogens (tertiary/aromatic N) is 5. The molecule has 0 saturated carbocycles. The Morgan fingerprint density at radius 3 is 1.63 bits per heavy atom. The zero-order chi connectivity index (χ0) is 49.6. The molecule has 0 saturated heterocycles. The number of para-hydroxylation sites is 2. The van der Waals surface area contributed by atoms with Crippen LogP contribution in [0.15, 0.2) is 133 Å². The van der Waals surface area contributed by atoms with Crippen LogP contribution >= 0.6 is 0 Å². The van der Waals surface area contributed by atoms with Crippen LogP contribution in [0.3, 0.4) is 0 Å². The van der Waals surface area contributed by atoms with E-state index in [-0.39, 0.29) is 102 Å². The number of nitriles is 2. The number of anilines is 3. The Morgan fingerprint density at radius 1 is 0.606 bits per heavy atom. The van der Waals surface area contributed by atoms with Crippen LogP contribution in [0, 0.1) is 41.7 Å². The van der Waals surface area contributed by atoms with Crippen LogP contribution in [0.4, 0.5) is 17.1 Å². The monoisotopic (exact) mass is 1010 g/mol. The SMILES string of the molecule is [C-]#[N+]/C(C#N)=C(\c1ccc(/C(=C(\C#N)[N+]#[C-])C(C)C)cc1)c1ccc2c(c1)C(CCCCCCCS(=O)(=O)[O-])(CCOCCCCS(=O)(=O)[O-])c1cc(N(c3ccccc3)c3ccccc3)ccc1-2.[Na+].[Na+]. The number of ether oxygens (including phenoxy) is 1. The molecular weight excluding hydrogens is 953 g/mol. The fourth-order valence-electron chi connectivity index (χ4n) is 9.39. The third-order valence-corrected chi connectivity index (χ3v) is 14.1.